The fraction of sp³-hybridized carbons (Fsp3) is 0.525. The van der Waals surface area contributed by atoms with Crippen molar-refractivity contribution in [3.8, 4) is 23.0 Å². The molecule has 0 N–H and O–H groups in total. The quantitative estimate of drug-likeness (QED) is 0.0132. The molecule has 3 rings (SSSR count). The Morgan fingerprint density at radius 3 is 1.78 bits per heavy atom. The maximum atomic E-state index is 13.6. The predicted octanol–water partition coefficient (Wildman–Crippen LogP) is 13.3. The average molecular weight is 1020 g/mol. The number of rotatable bonds is 41. The zero-order valence-electron chi connectivity index (χ0n) is 44.4. The zero-order valence-corrected chi connectivity index (χ0v) is 44.4. The lowest BCUT2D eigenvalue weighted by Crippen LogP contribution is -2.10. The van der Waals surface area contributed by atoms with Crippen LogP contribution >= 0.6 is 0 Å². The molecule has 0 saturated heterocycles. The van der Waals surface area contributed by atoms with Gasteiger partial charge in [0.15, 0.2) is 17.2 Å². The molecule has 402 valence electrons. The summed E-state index contributed by atoms with van der Waals surface area (Å²) in [6.07, 6.45) is 23.0. The van der Waals surface area contributed by atoms with Gasteiger partial charge < -0.3 is 33.3 Å². The van der Waals surface area contributed by atoms with E-state index in [1.165, 1.54) is 20.3 Å². The van der Waals surface area contributed by atoms with E-state index < -0.39 is 11.9 Å². The topological polar surface area (TPSA) is 161 Å². The van der Waals surface area contributed by atoms with Gasteiger partial charge in [-0.25, -0.2) is 19.2 Å². The summed E-state index contributed by atoms with van der Waals surface area (Å²) in [4.78, 5) is 70.3. The molecule has 0 amide bonds. The first-order chi connectivity index (χ1) is 35.5. The molecular formula is C59H82O14. The first kappa shape index (κ1) is 61.2. The number of ether oxygens (including phenoxy) is 6. The van der Waals surface area contributed by atoms with Crippen LogP contribution in [0.5, 0.6) is 23.0 Å². The van der Waals surface area contributed by atoms with Crippen molar-refractivity contribution in [1.82, 2.24) is 0 Å². The van der Waals surface area contributed by atoms with Crippen molar-refractivity contribution in [2.75, 3.05) is 54.4 Å². The van der Waals surface area contributed by atoms with E-state index in [9.17, 15) is 19.2 Å². The summed E-state index contributed by atoms with van der Waals surface area (Å²) in [6.45, 7) is 13.3. The third-order valence-corrected chi connectivity index (χ3v) is 12.0. The van der Waals surface area contributed by atoms with Crippen LogP contribution in [0.25, 0.3) is 11.6 Å². The number of carbonyl (C=O) groups is 4. The molecule has 0 unspecified atom stereocenters. The van der Waals surface area contributed by atoms with Gasteiger partial charge in [0.05, 0.1) is 65.5 Å². The normalized spacial score (nSPS) is 11.0. The Morgan fingerprint density at radius 1 is 0.548 bits per heavy atom. The number of esters is 3. The number of aryl methyl sites for hydroxylation is 2. The van der Waals surface area contributed by atoms with Crippen LogP contribution < -0.4 is 19.1 Å². The summed E-state index contributed by atoms with van der Waals surface area (Å²) in [7, 11) is 4.39. The third-order valence-electron chi connectivity index (χ3n) is 12.0. The lowest BCUT2D eigenvalue weighted by atomic mass is 9.96. The van der Waals surface area contributed by atoms with E-state index in [0.29, 0.717) is 72.5 Å². The van der Waals surface area contributed by atoms with Crippen molar-refractivity contribution >= 4 is 35.5 Å². The van der Waals surface area contributed by atoms with Gasteiger partial charge in [-0.1, -0.05) is 121 Å². The Kier molecular flexibility index (Phi) is 31.5. The number of benzene rings is 3. The van der Waals surface area contributed by atoms with Gasteiger partial charge in [0, 0.05) is 11.6 Å². The van der Waals surface area contributed by atoms with Crippen LogP contribution in [-0.2, 0) is 56.1 Å². The molecule has 3 aromatic carbocycles. The van der Waals surface area contributed by atoms with Gasteiger partial charge in [0.25, 0.3) is 0 Å². The van der Waals surface area contributed by atoms with Crippen molar-refractivity contribution in [1.29, 1.82) is 0 Å². The summed E-state index contributed by atoms with van der Waals surface area (Å²) < 4.78 is 32.4. The van der Waals surface area contributed by atoms with E-state index in [2.05, 4.69) is 32.2 Å². The minimum Gasteiger partial charge on any atom is -0.493 e. The number of hydrogen-bond acceptors (Lipinski definition) is 14. The van der Waals surface area contributed by atoms with E-state index in [1.807, 2.05) is 18.2 Å². The molecule has 73 heavy (non-hydrogen) atoms. The predicted molar refractivity (Wildman–Crippen MR) is 283 cm³/mol. The van der Waals surface area contributed by atoms with Crippen molar-refractivity contribution in [2.45, 2.75) is 149 Å². The maximum absolute atomic E-state index is 13.6. The molecule has 0 aliphatic rings. The first-order valence-electron chi connectivity index (χ1n) is 26.2. The smallest absolute Gasteiger partial charge is 0.365 e. The molecule has 0 aromatic heterocycles. The monoisotopic (exact) mass is 1010 g/mol. The number of methoxy groups -OCH3 is 3. The number of carbonyl (C=O) groups excluding carboxylic acids is 4. The summed E-state index contributed by atoms with van der Waals surface area (Å²) in [5.74, 6) is 0.325. The lowest BCUT2D eigenvalue weighted by molar-refractivity contribution is -0.267. The highest BCUT2D eigenvalue weighted by molar-refractivity contribution is 6.15. The second kappa shape index (κ2) is 37.6. The summed E-state index contributed by atoms with van der Waals surface area (Å²) in [6, 6.07) is 16.7. The van der Waals surface area contributed by atoms with Gasteiger partial charge in [0.2, 0.25) is 5.75 Å². The van der Waals surface area contributed by atoms with Crippen LogP contribution in [0.3, 0.4) is 0 Å². The Labute approximate surface area is 434 Å². The highest BCUT2D eigenvalue weighted by Crippen LogP contribution is 2.31. The summed E-state index contributed by atoms with van der Waals surface area (Å²) in [5, 5.41) is 0. The second-order valence-electron chi connectivity index (χ2n) is 18.0. The maximum Gasteiger partial charge on any atom is 0.365 e. The standard InChI is InChI=1S/C59H82O14/c1-8-9-37-67-52-34-30-48(43-54(52)64-5)31-36-56(60)73-71-41-26-20-16-22-28-49-32-29-47(27-21-15-19-25-40-70-72-53-35-33-50(44-55(53)65-6)46(4)58(62)66-7)42-51(49)59(63)69-39-24-18-14-12-10-11-13-17-23-38-68-57(61)45(2)3/h29-36,42-44H,2,4,8-28,37-41H2,1,3,5-7H3/b36-31+. The van der Waals surface area contributed by atoms with Crippen LogP contribution in [-0.4, -0.2) is 78.2 Å². The Balaban J connectivity index is 1.41. The Bertz CT molecular complexity index is 2160. The molecule has 0 fully saturated rings. The van der Waals surface area contributed by atoms with Gasteiger partial charge in [-0.3, -0.25) is 4.89 Å². The van der Waals surface area contributed by atoms with E-state index >= 15 is 0 Å². The summed E-state index contributed by atoms with van der Waals surface area (Å²) >= 11 is 0. The molecule has 14 nitrogen and oxygen atoms in total. The van der Waals surface area contributed by atoms with Crippen LogP contribution in [0.1, 0.15) is 168 Å². The van der Waals surface area contributed by atoms with Crippen molar-refractivity contribution in [3.05, 3.63) is 107 Å². The SMILES string of the molecule is C=C(C)C(=O)OCCCCCCCCCCCOC(=O)c1cc(CCCCCCOOc2ccc(C(=C)C(=O)OC)cc2OC)ccc1CCCCCCOOC(=O)/C=C/c1ccc(OCCCC)c(OC)c1. The molecule has 0 atom stereocenters. The molecule has 0 bridgehead atoms. The highest BCUT2D eigenvalue weighted by atomic mass is 17.2. The van der Waals surface area contributed by atoms with Crippen LogP contribution in [0.2, 0.25) is 0 Å². The minimum absolute atomic E-state index is 0.212. The molecule has 0 spiro atoms. The van der Waals surface area contributed by atoms with Crippen molar-refractivity contribution in [3.63, 3.8) is 0 Å². The van der Waals surface area contributed by atoms with Crippen molar-refractivity contribution in [2.24, 2.45) is 0 Å². The van der Waals surface area contributed by atoms with Gasteiger partial charge in [0.1, 0.15) is 0 Å². The molecule has 0 radical (unpaired) electrons. The lowest BCUT2D eigenvalue weighted by Gasteiger charge is -2.13. The molecule has 0 aliphatic carbocycles. The molecule has 14 heteroatoms. The molecular weight excluding hydrogens is 933 g/mol. The number of hydrogen-bond donors (Lipinski definition) is 0. The Hall–Kier alpha value is -6.12. The van der Waals surface area contributed by atoms with E-state index in [1.54, 1.807) is 44.4 Å². The van der Waals surface area contributed by atoms with Crippen molar-refractivity contribution < 1.29 is 67.1 Å². The van der Waals surface area contributed by atoms with Gasteiger partial charge >= 0.3 is 23.9 Å². The summed E-state index contributed by atoms with van der Waals surface area (Å²) in [5.41, 5.74) is 4.68. The Morgan fingerprint density at radius 2 is 1.14 bits per heavy atom. The van der Waals surface area contributed by atoms with Gasteiger partial charge in [-0.15, -0.1) is 0 Å². The molecule has 3 aromatic rings. The van der Waals surface area contributed by atoms with E-state index in [4.69, 9.17) is 48.0 Å². The second-order valence-corrected chi connectivity index (χ2v) is 18.0. The van der Waals surface area contributed by atoms with Gasteiger partial charge in [-0.05, 0) is 123 Å². The van der Waals surface area contributed by atoms with Crippen LogP contribution in [0.4, 0.5) is 0 Å². The zero-order chi connectivity index (χ0) is 52.9. The molecule has 0 heterocycles. The molecule has 0 saturated carbocycles. The van der Waals surface area contributed by atoms with E-state index in [0.717, 1.165) is 145 Å². The average Bonchev–Trinajstić information content (AvgIpc) is 3.40. The minimum atomic E-state index is -0.602. The van der Waals surface area contributed by atoms with Gasteiger partial charge in [-0.2, -0.15) is 9.78 Å². The molecule has 0 aliphatic heterocycles. The van der Waals surface area contributed by atoms with Crippen LogP contribution in [0.15, 0.2) is 79.4 Å². The fourth-order valence-electron chi connectivity index (χ4n) is 7.63. The number of unbranched alkanes of at least 4 members (excludes halogenated alkanes) is 15. The van der Waals surface area contributed by atoms with Crippen LogP contribution in [0, 0.1) is 0 Å². The fourth-order valence-corrected chi connectivity index (χ4v) is 7.63. The highest BCUT2D eigenvalue weighted by Gasteiger charge is 2.16. The largest absolute Gasteiger partial charge is 0.493 e. The first-order valence-corrected chi connectivity index (χ1v) is 26.2. The van der Waals surface area contributed by atoms with E-state index in [-0.39, 0.29) is 24.1 Å². The third kappa shape index (κ3) is 25.4.